The molecular formula is C29H35ClN4O5. The van der Waals surface area contributed by atoms with Crippen LogP contribution in [0.5, 0.6) is 0 Å². The Morgan fingerprint density at radius 1 is 1.18 bits per heavy atom. The molecule has 2 aliphatic heterocycles. The van der Waals surface area contributed by atoms with E-state index in [1.807, 2.05) is 31.2 Å². The van der Waals surface area contributed by atoms with Crippen LogP contribution in [0.15, 0.2) is 71.2 Å². The highest BCUT2D eigenvalue weighted by Crippen LogP contribution is 2.42. The topological polar surface area (TPSA) is 116 Å². The first-order valence-corrected chi connectivity index (χ1v) is 13.3. The van der Waals surface area contributed by atoms with Crippen LogP contribution >= 0.6 is 11.6 Å². The van der Waals surface area contributed by atoms with Gasteiger partial charge in [0.1, 0.15) is 5.60 Å². The Morgan fingerprint density at radius 3 is 2.64 bits per heavy atom. The van der Waals surface area contributed by atoms with Crippen LogP contribution in [0.2, 0.25) is 5.02 Å². The van der Waals surface area contributed by atoms with Gasteiger partial charge in [0.15, 0.2) is 0 Å². The monoisotopic (exact) mass is 554 g/mol. The van der Waals surface area contributed by atoms with Crippen molar-refractivity contribution < 1.29 is 23.8 Å². The van der Waals surface area contributed by atoms with E-state index in [9.17, 15) is 9.59 Å². The third-order valence-electron chi connectivity index (χ3n) is 6.96. The van der Waals surface area contributed by atoms with Crippen LogP contribution in [0.1, 0.15) is 37.4 Å². The van der Waals surface area contributed by atoms with Crippen LogP contribution in [-0.2, 0) is 30.3 Å². The molecule has 2 unspecified atom stereocenters. The van der Waals surface area contributed by atoms with Crippen LogP contribution in [0.4, 0.5) is 0 Å². The first-order valence-electron chi connectivity index (χ1n) is 12.9. The van der Waals surface area contributed by atoms with Crippen molar-refractivity contribution in [2.45, 2.75) is 38.3 Å². The van der Waals surface area contributed by atoms with Gasteiger partial charge in [0, 0.05) is 49.5 Å². The second kappa shape index (κ2) is 12.7. The summed E-state index contributed by atoms with van der Waals surface area (Å²) in [6, 6.07) is 13.0. The van der Waals surface area contributed by atoms with Gasteiger partial charge in [0.25, 0.3) is 0 Å². The first kappa shape index (κ1) is 28.8. The number of hydrogen-bond donors (Lipinski definition) is 2. The van der Waals surface area contributed by atoms with Crippen LogP contribution < -0.4 is 11.1 Å². The number of carbonyl (C=O) groups excluding carboxylic acids is 2. The largest absolute Gasteiger partial charge is 0.466 e. The number of esters is 2. The molecule has 1 aromatic heterocycles. The molecule has 0 saturated carbocycles. The Morgan fingerprint density at radius 2 is 1.95 bits per heavy atom. The van der Waals surface area contributed by atoms with E-state index in [4.69, 9.17) is 31.5 Å². The predicted molar refractivity (Wildman–Crippen MR) is 148 cm³/mol. The lowest BCUT2D eigenvalue weighted by Gasteiger charge is -2.34. The third kappa shape index (κ3) is 6.67. The number of rotatable bonds is 10. The highest BCUT2D eigenvalue weighted by molar-refractivity contribution is 6.31. The minimum absolute atomic E-state index is 0.0803. The minimum Gasteiger partial charge on any atom is -0.466 e. The summed E-state index contributed by atoms with van der Waals surface area (Å²) < 4.78 is 17.1. The van der Waals surface area contributed by atoms with Crippen molar-refractivity contribution in [2.75, 3.05) is 40.0 Å². The molecule has 1 fully saturated rings. The summed E-state index contributed by atoms with van der Waals surface area (Å²) in [6.07, 6.45) is 2.42. The number of nitrogens with one attached hydrogen (secondary N) is 1. The van der Waals surface area contributed by atoms with Gasteiger partial charge in [-0.2, -0.15) is 0 Å². The molecule has 0 amide bonds. The molecular weight excluding hydrogens is 520 g/mol. The molecule has 3 N–H and O–H groups in total. The summed E-state index contributed by atoms with van der Waals surface area (Å²) in [6.45, 7) is 6.36. The molecule has 0 aliphatic carbocycles. The second-order valence-electron chi connectivity index (χ2n) is 9.96. The molecule has 0 bridgehead atoms. The molecule has 0 radical (unpaired) electrons. The maximum absolute atomic E-state index is 14.1. The zero-order valence-electron chi connectivity index (χ0n) is 22.5. The second-order valence-corrected chi connectivity index (χ2v) is 10.4. The van der Waals surface area contributed by atoms with Crippen LogP contribution in [0.25, 0.3) is 0 Å². The fourth-order valence-electron chi connectivity index (χ4n) is 5.15. The number of ether oxygens (including phenoxy) is 3. The number of dihydropyridines is 1. The Kier molecular flexibility index (Phi) is 9.40. The van der Waals surface area contributed by atoms with Gasteiger partial charge < -0.3 is 25.3 Å². The van der Waals surface area contributed by atoms with Crippen LogP contribution in [0.3, 0.4) is 0 Å². The number of pyridine rings is 1. The lowest BCUT2D eigenvalue weighted by Crippen LogP contribution is -2.40. The van der Waals surface area contributed by atoms with Gasteiger partial charge in [0.2, 0.25) is 0 Å². The number of nitrogens with zero attached hydrogens (tertiary/aromatic N) is 2. The van der Waals surface area contributed by atoms with E-state index >= 15 is 0 Å². The number of nitrogens with two attached hydrogens (primary N) is 1. The Hall–Kier alpha value is -3.24. The number of benzene rings is 1. The predicted octanol–water partition coefficient (Wildman–Crippen LogP) is 3.31. The molecule has 2 aromatic rings. The number of halogens is 1. The molecule has 9 nitrogen and oxygen atoms in total. The van der Waals surface area contributed by atoms with Gasteiger partial charge in [-0.25, -0.2) is 9.59 Å². The van der Waals surface area contributed by atoms with Crippen LogP contribution in [0, 0.1) is 0 Å². The smallest absolute Gasteiger partial charge is 0.337 e. The SMILES string of the molecule is COC(=O)C1=C(C)NC(COCCN)=C(C(=O)OC2(C)CCN(Cc3ccccn3)C2)C1c1ccccc1Cl. The van der Waals surface area contributed by atoms with Gasteiger partial charge in [0.05, 0.1) is 48.8 Å². The number of carbonyl (C=O) groups is 2. The summed E-state index contributed by atoms with van der Waals surface area (Å²) in [5, 5.41) is 3.62. The molecule has 3 heterocycles. The van der Waals surface area contributed by atoms with Crippen molar-refractivity contribution in [3.63, 3.8) is 0 Å². The fourth-order valence-corrected chi connectivity index (χ4v) is 5.40. The molecule has 4 rings (SSSR count). The van der Waals surface area contributed by atoms with E-state index in [2.05, 4.69) is 15.2 Å². The maximum atomic E-state index is 14.1. The number of allylic oxidation sites excluding steroid dienone is 1. The van der Waals surface area contributed by atoms with Gasteiger partial charge >= 0.3 is 11.9 Å². The molecule has 10 heteroatoms. The van der Waals surface area contributed by atoms with Crippen molar-refractivity contribution in [3.8, 4) is 0 Å². The molecule has 208 valence electrons. The van der Waals surface area contributed by atoms with Crippen molar-refractivity contribution in [3.05, 3.63) is 87.5 Å². The van der Waals surface area contributed by atoms with E-state index in [-0.39, 0.29) is 17.8 Å². The van der Waals surface area contributed by atoms with Crippen LogP contribution in [-0.4, -0.2) is 67.4 Å². The van der Waals surface area contributed by atoms with E-state index in [1.165, 1.54) is 7.11 Å². The Balaban J connectivity index is 1.68. The quantitative estimate of drug-likeness (QED) is 0.337. The average Bonchev–Trinajstić information content (AvgIpc) is 3.28. The van der Waals surface area contributed by atoms with E-state index in [0.717, 1.165) is 12.2 Å². The highest BCUT2D eigenvalue weighted by atomic mass is 35.5. The molecule has 1 aromatic carbocycles. The lowest BCUT2D eigenvalue weighted by atomic mass is 9.80. The number of methoxy groups -OCH3 is 1. The van der Waals surface area contributed by atoms with Gasteiger partial charge in [-0.05, 0) is 37.6 Å². The molecule has 0 spiro atoms. The summed E-state index contributed by atoms with van der Waals surface area (Å²) in [5.74, 6) is -1.92. The molecule has 1 saturated heterocycles. The summed E-state index contributed by atoms with van der Waals surface area (Å²) in [4.78, 5) is 33.7. The Labute approximate surface area is 234 Å². The lowest BCUT2D eigenvalue weighted by molar-refractivity contribution is -0.152. The number of hydrogen-bond acceptors (Lipinski definition) is 9. The first-order chi connectivity index (χ1) is 18.8. The van der Waals surface area contributed by atoms with Gasteiger partial charge in [-0.1, -0.05) is 35.9 Å². The molecule has 2 atom stereocenters. The maximum Gasteiger partial charge on any atom is 0.337 e. The van der Waals surface area contributed by atoms with Gasteiger partial charge in [-0.3, -0.25) is 9.88 Å². The zero-order valence-corrected chi connectivity index (χ0v) is 23.3. The minimum atomic E-state index is -0.814. The highest BCUT2D eigenvalue weighted by Gasteiger charge is 2.43. The summed E-state index contributed by atoms with van der Waals surface area (Å²) >= 11 is 6.63. The molecule has 2 aliphatic rings. The van der Waals surface area contributed by atoms with Crippen molar-refractivity contribution in [2.24, 2.45) is 5.73 Å². The molecule has 39 heavy (non-hydrogen) atoms. The zero-order chi connectivity index (χ0) is 28.0. The van der Waals surface area contributed by atoms with Gasteiger partial charge in [-0.15, -0.1) is 0 Å². The van der Waals surface area contributed by atoms with Crippen molar-refractivity contribution in [1.82, 2.24) is 15.2 Å². The summed E-state index contributed by atoms with van der Waals surface area (Å²) in [5.41, 5.74) is 8.02. The normalized spacial score (nSPS) is 21.6. The standard InChI is InChI=1S/C29H35ClN4O5/c1-19-24(27(35)37-3)25(21-9-4-5-10-22(21)30)26(23(33-19)17-38-15-12-31)28(36)39-29(2)11-14-34(18-29)16-20-8-6-7-13-32-20/h4-10,13,25,33H,11-12,14-18,31H2,1-3H3. The van der Waals surface area contributed by atoms with Crippen molar-refractivity contribution >= 4 is 23.5 Å². The fraction of sp³-hybridized carbons (Fsp3) is 0.414. The summed E-state index contributed by atoms with van der Waals surface area (Å²) in [7, 11) is 1.31. The third-order valence-corrected chi connectivity index (χ3v) is 7.30. The van der Waals surface area contributed by atoms with E-state index < -0.39 is 23.5 Å². The number of aromatic nitrogens is 1. The van der Waals surface area contributed by atoms with Crippen molar-refractivity contribution in [1.29, 1.82) is 0 Å². The van der Waals surface area contributed by atoms with E-state index in [0.29, 0.717) is 54.6 Å². The average molecular weight is 555 g/mol. The van der Waals surface area contributed by atoms with E-state index in [1.54, 1.807) is 31.3 Å². The number of likely N-dealkylation sites (tertiary alicyclic amines) is 1. The Bertz CT molecular complexity index is 1270.